The smallest absolute Gasteiger partial charge is 1.00 e. The zero-order valence-corrected chi connectivity index (χ0v) is 24.7. The van der Waals surface area contributed by atoms with Crippen LogP contribution >= 0.6 is 0 Å². The third-order valence-electron chi connectivity index (χ3n) is 6.06. The van der Waals surface area contributed by atoms with Crippen LogP contribution in [0.1, 0.15) is 75.6 Å². The van der Waals surface area contributed by atoms with E-state index < -0.39 is 0 Å². The van der Waals surface area contributed by atoms with Gasteiger partial charge in [-0.2, -0.15) is 24.3 Å². The van der Waals surface area contributed by atoms with Crippen molar-refractivity contribution in [3.8, 4) is 0 Å². The second-order valence-electron chi connectivity index (χ2n) is 8.47. The van der Waals surface area contributed by atoms with Crippen LogP contribution in [0, 0.1) is 0 Å². The van der Waals surface area contributed by atoms with E-state index in [1.165, 1.54) is 95.2 Å². The Morgan fingerprint density at radius 1 is 0.485 bits per heavy atom. The van der Waals surface area contributed by atoms with E-state index in [4.69, 9.17) is 0 Å². The Hall–Kier alpha value is -0.877. The second-order valence-corrected chi connectivity index (χ2v) is 8.47. The van der Waals surface area contributed by atoms with Gasteiger partial charge in [0, 0.05) is 0 Å². The van der Waals surface area contributed by atoms with Crippen LogP contribution in [-0.2, 0) is 51.9 Å². The molecule has 0 nitrogen and oxygen atoms in total. The topological polar surface area (TPSA) is 0 Å². The van der Waals surface area contributed by atoms with Gasteiger partial charge in [0.25, 0.3) is 0 Å². The van der Waals surface area contributed by atoms with Crippen LogP contribution < -0.4 is 24.8 Å². The molecule has 0 aliphatic carbocycles. The van der Waals surface area contributed by atoms with Crippen molar-refractivity contribution in [3.63, 3.8) is 0 Å². The van der Waals surface area contributed by atoms with Crippen LogP contribution in [0.25, 0.3) is 21.5 Å². The number of hydrogen-bond donors (Lipinski definition) is 0. The minimum atomic E-state index is 0. The molecule has 0 aliphatic heterocycles. The van der Waals surface area contributed by atoms with Gasteiger partial charge in [-0.15, -0.1) is 56.9 Å². The summed E-state index contributed by atoms with van der Waals surface area (Å²) in [6.45, 7) is 8.98. The molecule has 0 aliphatic rings. The Morgan fingerprint density at radius 2 is 0.788 bits per heavy atom. The fourth-order valence-corrected chi connectivity index (χ4v) is 4.67. The van der Waals surface area contributed by atoms with Crippen LogP contribution in [0.3, 0.4) is 0 Å². The van der Waals surface area contributed by atoms with Gasteiger partial charge in [-0.25, -0.2) is 0 Å². The molecule has 0 fully saturated rings. The van der Waals surface area contributed by atoms with Gasteiger partial charge in [0.2, 0.25) is 0 Å². The van der Waals surface area contributed by atoms with Crippen LogP contribution in [0.2, 0.25) is 0 Å². The van der Waals surface area contributed by atoms with Crippen molar-refractivity contribution < 1.29 is 51.0 Å². The van der Waals surface area contributed by atoms with Gasteiger partial charge in [-0.05, 0) is 12.8 Å². The predicted octanol–water partition coefficient (Wildman–Crippen LogP) is 2.93. The van der Waals surface area contributed by atoms with E-state index in [-0.39, 0.29) is 51.0 Å². The maximum atomic E-state index is 2.32. The first-order valence-electron chi connectivity index (χ1n) is 12.1. The summed E-state index contributed by atoms with van der Waals surface area (Å²) < 4.78 is 0. The maximum Gasteiger partial charge on any atom is 4.00 e. The number of fused-ring (bicyclic) bond motifs is 2. The number of aryl methyl sites for hydroxylation is 4. The molecule has 0 amide bonds. The van der Waals surface area contributed by atoms with Crippen molar-refractivity contribution in [2.45, 2.75) is 79.1 Å². The molecule has 0 unspecified atom stereocenters. The summed E-state index contributed by atoms with van der Waals surface area (Å²) in [4.78, 5) is 0. The molecule has 4 aromatic carbocycles. The Morgan fingerprint density at radius 3 is 1.12 bits per heavy atom. The van der Waals surface area contributed by atoms with Crippen molar-refractivity contribution in [2.75, 3.05) is 0 Å². The predicted molar refractivity (Wildman–Crippen MR) is 135 cm³/mol. The molecule has 0 atom stereocenters. The third kappa shape index (κ3) is 8.09. The first-order chi connectivity index (χ1) is 14.7. The maximum absolute atomic E-state index is 2.32. The summed E-state index contributed by atoms with van der Waals surface area (Å²) in [7, 11) is 0. The quantitative estimate of drug-likeness (QED) is 0.291. The standard InChI is InChI=1S/2C15H19.2ClH.Zr/c2*1-3-6-12-10-11-13(7-4-2)15-9-5-8-14(12)15;;;/h2*5,8-11H,3-4,6-7H2,1-2H3;2*1H;/q2*-1;;;+4/p-2. The Labute approximate surface area is 233 Å². The van der Waals surface area contributed by atoms with Gasteiger partial charge in [0.15, 0.2) is 0 Å². The van der Waals surface area contributed by atoms with E-state index in [9.17, 15) is 0 Å². The summed E-state index contributed by atoms with van der Waals surface area (Å²) >= 11 is 0. The van der Waals surface area contributed by atoms with Crippen molar-refractivity contribution in [3.05, 3.63) is 82.9 Å². The van der Waals surface area contributed by atoms with Crippen molar-refractivity contribution in [2.24, 2.45) is 0 Å². The fourth-order valence-electron chi connectivity index (χ4n) is 4.67. The van der Waals surface area contributed by atoms with E-state index in [1.807, 2.05) is 0 Å². The summed E-state index contributed by atoms with van der Waals surface area (Å²) in [5.74, 6) is 0. The van der Waals surface area contributed by atoms with Gasteiger partial charge in [-0.3, -0.25) is 0 Å². The molecule has 0 aromatic heterocycles. The second kappa shape index (κ2) is 16.7. The molecule has 0 bridgehead atoms. The molecular formula is C30H38Cl2Zr. The molecule has 176 valence electrons. The van der Waals surface area contributed by atoms with Crippen LogP contribution in [0.5, 0.6) is 0 Å². The molecule has 0 saturated carbocycles. The molecule has 0 radical (unpaired) electrons. The Kier molecular flexibility index (Phi) is 16.3. The number of hydrogen-bond acceptors (Lipinski definition) is 0. The van der Waals surface area contributed by atoms with Gasteiger partial charge < -0.3 is 24.8 Å². The summed E-state index contributed by atoms with van der Waals surface area (Å²) in [6, 6.07) is 22.7. The van der Waals surface area contributed by atoms with Gasteiger partial charge in [0.1, 0.15) is 0 Å². The van der Waals surface area contributed by atoms with Gasteiger partial charge in [0.05, 0.1) is 0 Å². The van der Waals surface area contributed by atoms with E-state index in [1.54, 1.807) is 0 Å². The molecule has 33 heavy (non-hydrogen) atoms. The first kappa shape index (κ1) is 32.1. The Balaban J connectivity index is 0.000000569. The summed E-state index contributed by atoms with van der Waals surface area (Å²) in [5, 5.41) is 5.90. The normalized spacial score (nSPS) is 10.1. The largest absolute Gasteiger partial charge is 4.00 e. The monoisotopic (exact) mass is 558 g/mol. The summed E-state index contributed by atoms with van der Waals surface area (Å²) in [5.41, 5.74) is 6.05. The average molecular weight is 561 g/mol. The Bertz CT molecular complexity index is 892. The van der Waals surface area contributed by atoms with Crippen molar-refractivity contribution in [1.82, 2.24) is 0 Å². The van der Waals surface area contributed by atoms with Gasteiger partial charge in [-0.1, -0.05) is 89.5 Å². The summed E-state index contributed by atoms with van der Waals surface area (Å²) in [6.07, 6.45) is 9.72. The van der Waals surface area contributed by atoms with Crippen LogP contribution in [0.4, 0.5) is 0 Å². The SMILES string of the molecule is CCCc1ccc(CCC)c2[cH-]ccc12.CCCc1ccc(CCC)c2[cH-]ccc12.[Cl-].[Cl-].[Zr+4]. The van der Waals surface area contributed by atoms with E-state index >= 15 is 0 Å². The van der Waals surface area contributed by atoms with E-state index in [0.717, 1.165) is 0 Å². The molecule has 0 N–H and O–H groups in total. The number of halogens is 2. The molecular weight excluding hydrogens is 522 g/mol. The molecule has 3 heteroatoms. The third-order valence-corrected chi connectivity index (χ3v) is 6.06. The minimum Gasteiger partial charge on any atom is -1.00 e. The zero-order chi connectivity index (χ0) is 21.3. The molecule has 0 spiro atoms. The molecule has 0 heterocycles. The van der Waals surface area contributed by atoms with E-state index in [0.29, 0.717) is 0 Å². The number of benzene rings is 2. The van der Waals surface area contributed by atoms with Crippen molar-refractivity contribution >= 4 is 21.5 Å². The van der Waals surface area contributed by atoms with Crippen molar-refractivity contribution in [1.29, 1.82) is 0 Å². The van der Waals surface area contributed by atoms with E-state index in [2.05, 4.69) is 88.4 Å². The average Bonchev–Trinajstić information content (AvgIpc) is 3.43. The minimum absolute atomic E-state index is 0. The van der Waals surface area contributed by atoms with Gasteiger partial charge >= 0.3 is 26.2 Å². The van der Waals surface area contributed by atoms with Crippen LogP contribution in [-0.4, -0.2) is 0 Å². The molecule has 4 aromatic rings. The zero-order valence-electron chi connectivity index (χ0n) is 20.7. The molecule has 4 rings (SSSR count). The first-order valence-corrected chi connectivity index (χ1v) is 12.1. The van der Waals surface area contributed by atoms with Crippen LogP contribution in [0.15, 0.2) is 60.7 Å². The molecule has 0 saturated heterocycles. The number of rotatable bonds is 8. The fraction of sp³-hybridized carbons (Fsp3) is 0.400.